The second-order valence-corrected chi connectivity index (χ2v) is 4.92. The summed E-state index contributed by atoms with van der Waals surface area (Å²) >= 11 is 2.74. The Hall–Kier alpha value is 0.580. The van der Waals surface area contributed by atoms with E-state index in [1.807, 2.05) is 0 Å². The molecule has 2 saturated heterocycles. The lowest BCUT2D eigenvalue weighted by atomic mass is 10.4. The maximum atomic E-state index is 8.75. The number of rotatable bonds is 0. The minimum Gasteiger partial charge on any atom is -0.352 e. The monoisotopic (exact) mass is 165 g/mol. The molecular formula is C4H7NO2S2. The molecule has 2 aliphatic rings. The van der Waals surface area contributed by atoms with Gasteiger partial charge in [-0.1, -0.05) is 3.87 Å². The van der Waals surface area contributed by atoms with Crippen molar-refractivity contribution in [2.75, 3.05) is 6.61 Å². The molecule has 9 heavy (non-hydrogen) atoms. The highest BCUT2D eigenvalue weighted by Gasteiger charge is 2.49. The van der Waals surface area contributed by atoms with E-state index in [2.05, 4.69) is 0 Å². The molecule has 3 nitrogen and oxygen atoms in total. The highest BCUT2D eigenvalue weighted by molar-refractivity contribution is 8.29. The molecule has 2 fully saturated rings. The summed E-state index contributed by atoms with van der Waals surface area (Å²) in [5, 5.41) is 8.75. The van der Waals surface area contributed by atoms with Crippen LogP contribution >= 0.6 is 23.9 Å². The summed E-state index contributed by atoms with van der Waals surface area (Å²) in [7, 11) is 0. The van der Waals surface area contributed by atoms with Crippen LogP contribution in [0.25, 0.3) is 0 Å². The lowest BCUT2D eigenvalue weighted by Crippen LogP contribution is -2.35. The van der Waals surface area contributed by atoms with Crippen molar-refractivity contribution in [3.8, 4) is 0 Å². The van der Waals surface area contributed by atoms with E-state index in [0.29, 0.717) is 0 Å². The van der Waals surface area contributed by atoms with Gasteiger partial charge in [-0.2, -0.15) is 0 Å². The van der Waals surface area contributed by atoms with Crippen molar-refractivity contribution in [3.63, 3.8) is 0 Å². The topological polar surface area (TPSA) is 32.7 Å². The standard InChI is InChI=1S/C4H7NO2S2/c6-5-8-4(9-5)2-1-3-7-4/h6H,1-3H2. The molecule has 0 aromatic rings. The zero-order valence-electron chi connectivity index (χ0n) is 4.74. The van der Waals surface area contributed by atoms with Crippen molar-refractivity contribution < 1.29 is 9.94 Å². The zero-order chi connectivity index (χ0) is 6.32. The molecule has 0 atom stereocenters. The summed E-state index contributed by atoms with van der Waals surface area (Å²) in [4.78, 5) is 0. The molecule has 0 aromatic carbocycles. The largest absolute Gasteiger partial charge is 0.352 e. The Balaban J connectivity index is 1.95. The van der Waals surface area contributed by atoms with E-state index in [1.54, 1.807) is 0 Å². The molecule has 2 heterocycles. The second-order valence-electron chi connectivity index (χ2n) is 2.06. The first-order valence-corrected chi connectivity index (χ1v) is 4.37. The maximum Gasteiger partial charge on any atom is 0.194 e. The molecule has 52 valence electrons. The molecule has 2 aliphatic heterocycles. The summed E-state index contributed by atoms with van der Waals surface area (Å²) in [5.41, 5.74) is 0. The van der Waals surface area contributed by atoms with Crippen molar-refractivity contribution in [2.24, 2.45) is 0 Å². The lowest BCUT2D eigenvalue weighted by molar-refractivity contribution is 0.0713. The van der Waals surface area contributed by atoms with Crippen molar-refractivity contribution in [2.45, 2.75) is 17.1 Å². The van der Waals surface area contributed by atoms with Gasteiger partial charge in [-0.15, -0.1) is 0 Å². The van der Waals surface area contributed by atoms with Crippen molar-refractivity contribution in [3.05, 3.63) is 0 Å². The Kier molecular flexibility index (Phi) is 1.42. The first kappa shape index (κ1) is 6.30. The van der Waals surface area contributed by atoms with Gasteiger partial charge in [0.25, 0.3) is 0 Å². The van der Waals surface area contributed by atoms with Crippen molar-refractivity contribution >= 4 is 23.9 Å². The summed E-state index contributed by atoms with van der Waals surface area (Å²) in [6.07, 6.45) is 2.17. The van der Waals surface area contributed by atoms with E-state index in [-0.39, 0.29) is 4.27 Å². The predicted octanol–water partition coefficient (Wildman–Crippen LogP) is 1.45. The first-order chi connectivity index (χ1) is 4.31. The Bertz CT molecular complexity index is 118. The molecule has 0 saturated carbocycles. The first-order valence-electron chi connectivity index (χ1n) is 2.82. The van der Waals surface area contributed by atoms with Gasteiger partial charge in [-0.3, -0.25) is 5.21 Å². The van der Waals surface area contributed by atoms with Gasteiger partial charge in [0.05, 0.1) is 0 Å². The lowest BCUT2D eigenvalue weighted by Gasteiger charge is -2.39. The second kappa shape index (κ2) is 2.03. The summed E-state index contributed by atoms with van der Waals surface area (Å²) in [6.45, 7) is 0.841. The highest BCUT2D eigenvalue weighted by Crippen LogP contribution is 2.59. The summed E-state index contributed by atoms with van der Waals surface area (Å²) < 4.78 is 6.41. The van der Waals surface area contributed by atoms with E-state index >= 15 is 0 Å². The van der Waals surface area contributed by atoms with Gasteiger partial charge in [0, 0.05) is 36.9 Å². The fourth-order valence-electron chi connectivity index (χ4n) is 0.977. The Morgan fingerprint density at radius 3 is 2.78 bits per heavy atom. The van der Waals surface area contributed by atoms with Crippen LogP contribution in [-0.4, -0.2) is 20.0 Å². The zero-order valence-corrected chi connectivity index (χ0v) is 6.37. The van der Waals surface area contributed by atoms with Crippen LogP contribution in [0.5, 0.6) is 0 Å². The fourth-order valence-corrected chi connectivity index (χ4v) is 3.13. The van der Waals surface area contributed by atoms with Crippen LogP contribution < -0.4 is 0 Å². The molecule has 0 radical (unpaired) electrons. The summed E-state index contributed by atoms with van der Waals surface area (Å²) in [5.74, 6) is 0. The van der Waals surface area contributed by atoms with Gasteiger partial charge < -0.3 is 4.74 Å². The molecule has 0 bridgehead atoms. The molecule has 5 heteroatoms. The minimum atomic E-state index is -0.102. The third kappa shape index (κ3) is 0.969. The SMILES string of the molecule is ON1SC2(CCCO2)S1. The van der Waals surface area contributed by atoms with Gasteiger partial charge in [0.1, 0.15) is 0 Å². The number of nitrogens with zero attached hydrogens (tertiary/aromatic N) is 1. The number of ether oxygens (including phenoxy) is 1. The third-order valence-corrected chi connectivity index (χ3v) is 3.79. The van der Waals surface area contributed by atoms with Crippen LogP contribution in [0.15, 0.2) is 0 Å². The molecule has 0 amide bonds. The van der Waals surface area contributed by atoms with Gasteiger partial charge in [0.15, 0.2) is 4.27 Å². The molecule has 1 spiro atoms. The van der Waals surface area contributed by atoms with Crippen LogP contribution in [0, 0.1) is 0 Å². The molecule has 1 N–H and O–H groups in total. The van der Waals surface area contributed by atoms with Crippen molar-refractivity contribution in [1.82, 2.24) is 3.87 Å². The van der Waals surface area contributed by atoms with E-state index in [0.717, 1.165) is 23.3 Å². The smallest absolute Gasteiger partial charge is 0.194 e. The maximum absolute atomic E-state index is 8.75. The van der Waals surface area contributed by atoms with Gasteiger partial charge in [-0.25, -0.2) is 0 Å². The molecule has 0 aromatic heterocycles. The number of hydrogen-bond donors (Lipinski definition) is 1. The van der Waals surface area contributed by atoms with Crippen LogP contribution in [-0.2, 0) is 4.74 Å². The molecular weight excluding hydrogens is 158 g/mol. The highest BCUT2D eigenvalue weighted by atomic mass is 32.3. The predicted molar refractivity (Wildman–Crippen MR) is 36.7 cm³/mol. The molecule has 2 rings (SSSR count). The van der Waals surface area contributed by atoms with Gasteiger partial charge >= 0.3 is 0 Å². The van der Waals surface area contributed by atoms with E-state index in [9.17, 15) is 0 Å². The van der Waals surface area contributed by atoms with Crippen LogP contribution in [0.1, 0.15) is 12.8 Å². The van der Waals surface area contributed by atoms with Crippen LogP contribution in [0.2, 0.25) is 0 Å². The fraction of sp³-hybridized carbons (Fsp3) is 1.00. The Labute approximate surface area is 62.0 Å². The van der Waals surface area contributed by atoms with E-state index in [4.69, 9.17) is 9.94 Å². The third-order valence-electron chi connectivity index (χ3n) is 1.38. The quantitative estimate of drug-likeness (QED) is 0.549. The minimum absolute atomic E-state index is 0.102. The molecule has 0 aliphatic carbocycles. The van der Waals surface area contributed by atoms with Crippen LogP contribution in [0.4, 0.5) is 0 Å². The average molecular weight is 165 g/mol. The van der Waals surface area contributed by atoms with Crippen LogP contribution in [0.3, 0.4) is 0 Å². The summed E-state index contributed by atoms with van der Waals surface area (Å²) in [6, 6.07) is 0. The normalized spacial score (nSPS) is 33.0. The Morgan fingerprint density at radius 2 is 2.33 bits per heavy atom. The van der Waals surface area contributed by atoms with Crippen molar-refractivity contribution in [1.29, 1.82) is 0 Å². The van der Waals surface area contributed by atoms with E-state index in [1.165, 1.54) is 23.9 Å². The van der Waals surface area contributed by atoms with E-state index < -0.39 is 0 Å². The average Bonchev–Trinajstić information content (AvgIpc) is 2.12. The molecule has 0 unspecified atom stereocenters. The van der Waals surface area contributed by atoms with Gasteiger partial charge in [-0.05, 0) is 6.42 Å². The number of hydrogen-bond acceptors (Lipinski definition) is 5. The Morgan fingerprint density at radius 1 is 1.56 bits per heavy atom. The van der Waals surface area contributed by atoms with Gasteiger partial charge in [0.2, 0.25) is 0 Å².